The summed E-state index contributed by atoms with van der Waals surface area (Å²) in [5.74, 6) is 1.16. The standard InChI is InChI=1S/C28H36N6O2/c35-27(24-10-3-1-4-11-24)33-28(31-15-13-25-20-29-22-32-25)30-14-8-18-36-26-12-7-9-23(19-26)21-34-16-5-2-6-17-34/h1,3-4,7,9-12,19-20,22H,2,5-6,8,13-18,21H2,(H,29,32)(H2,30,31,33,35). The fourth-order valence-electron chi connectivity index (χ4n) is 4.20. The number of ether oxygens (including phenoxy) is 1. The number of rotatable bonds is 11. The number of benzene rings is 2. The van der Waals surface area contributed by atoms with Crippen molar-refractivity contribution in [2.75, 3.05) is 32.8 Å². The van der Waals surface area contributed by atoms with E-state index in [1.54, 1.807) is 18.5 Å². The number of amides is 1. The number of aliphatic imine (C=N–C) groups is 1. The Bertz CT molecular complexity index is 1080. The van der Waals surface area contributed by atoms with E-state index in [-0.39, 0.29) is 5.91 Å². The van der Waals surface area contributed by atoms with Crippen molar-refractivity contribution in [3.63, 3.8) is 0 Å². The number of nitrogens with zero attached hydrogens (tertiary/aromatic N) is 3. The Morgan fingerprint density at radius 3 is 2.75 bits per heavy atom. The summed E-state index contributed by atoms with van der Waals surface area (Å²) in [6, 6.07) is 17.5. The van der Waals surface area contributed by atoms with Crippen LogP contribution in [-0.2, 0) is 13.0 Å². The van der Waals surface area contributed by atoms with E-state index in [1.807, 2.05) is 30.5 Å². The first-order valence-electron chi connectivity index (χ1n) is 12.8. The van der Waals surface area contributed by atoms with Crippen LogP contribution in [0.5, 0.6) is 5.75 Å². The third kappa shape index (κ3) is 8.53. The molecular formula is C28H36N6O2. The van der Waals surface area contributed by atoms with Gasteiger partial charge in [-0.05, 0) is 55.8 Å². The largest absolute Gasteiger partial charge is 0.494 e. The summed E-state index contributed by atoms with van der Waals surface area (Å²) in [5, 5.41) is 6.13. The molecule has 1 saturated heterocycles. The van der Waals surface area contributed by atoms with Crippen molar-refractivity contribution in [1.29, 1.82) is 0 Å². The maximum atomic E-state index is 12.6. The molecule has 4 rings (SSSR count). The number of imidazole rings is 1. The van der Waals surface area contributed by atoms with E-state index in [0.29, 0.717) is 31.2 Å². The molecule has 2 heterocycles. The first kappa shape index (κ1) is 25.4. The van der Waals surface area contributed by atoms with Crippen LogP contribution >= 0.6 is 0 Å². The molecule has 3 N–H and O–H groups in total. The fraction of sp³-hybridized carbons (Fsp3) is 0.393. The molecule has 0 spiro atoms. The highest BCUT2D eigenvalue weighted by Crippen LogP contribution is 2.17. The van der Waals surface area contributed by atoms with Gasteiger partial charge in [0.05, 0.1) is 18.6 Å². The predicted molar refractivity (Wildman–Crippen MR) is 142 cm³/mol. The Morgan fingerprint density at radius 1 is 1.08 bits per heavy atom. The van der Waals surface area contributed by atoms with E-state index in [2.05, 4.69) is 48.7 Å². The molecule has 3 aromatic rings. The van der Waals surface area contributed by atoms with Crippen molar-refractivity contribution in [3.05, 3.63) is 83.9 Å². The van der Waals surface area contributed by atoms with Crippen LogP contribution in [0.4, 0.5) is 0 Å². The van der Waals surface area contributed by atoms with Gasteiger partial charge in [-0.25, -0.2) is 4.98 Å². The van der Waals surface area contributed by atoms with Crippen LogP contribution in [0.2, 0.25) is 0 Å². The molecule has 8 heteroatoms. The maximum Gasteiger partial charge on any atom is 0.257 e. The zero-order valence-electron chi connectivity index (χ0n) is 20.8. The lowest BCUT2D eigenvalue weighted by Crippen LogP contribution is -2.42. The second kappa shape index (κ2) is 14.0. The van der Waals surface area contributed by atoms with Gasteiger partial charge in [-0.3, -0.25) is 20.0 Å². The Hall–Kier alpha value is -3.65. The van der Waals surface area contributed by atoms with E-state index >= 15 is 0 Å². The summed E-state index contributed by atoms with van der Waals surface area (Å²) in [4.78, 5) is 26.9. The van der Waals surface area contributed by atoms with E-state index in [1.165, 1.54) is 37.9 Å². The fourth-order valence-corrected chi connectivity index (χ4v) is 4.20. The second-order valence-electron chi connectivity index (χ2n) is 8.97. The van der Waals surface area contributed by atoms with E-state index in [4.69, 9.17) is 4.74 Å². The third-order valence-corrected chi connectivity index (χ3v) is 6.09. The molecule has 190 valence electrons. The quantitative estimate of drug-likeness (QED) is 0.217. The number of H-pyrrole nitrogens is 1. The van der Waals surface area contributed by atoms with Gasteiger partial charge in [0, 0.05) is 44.2 Å². The molecule has 8 nitrogen and oxygen atoms in total. The van der Waals surface area contributed by atoms with E-state index in [0.717, 1.165) is 30.8 Å². The molecule has 1 aliphatic heterocycles. The molecular weight excluding hydrogens is 452 g/mol. The lowest BCUT2D eigenvalue weighted by atomic mass is 10.1. The molecule has 0 aliphatic carbocycles. The van der Waals surface area contributed by atoms with Gasteiger partial charge in [0.25, 0.3) is 5.91 Å². The topological polar surface area (TPSA) is 94.6 Å². The normalized spacial score (nSPS) is 14.4. The minimum absolute atomic E-state index is 0.191. The summed E-state index contributed by atoms with van der Waals surface area (Å²) in [6.07, 6.45) is 8.91. The molecule has 2 aromatic carbocycles. The molecule has 1 aliphatic rings. The van der Waals surface area contributed by atoms with Crippen LogP contribution in [0, 0.1) is 0 Å². The first-order chi connectivity index (χ1) is 17.8. The third-order valence-electron chi connectivity index (χ3n) is 6.09. The number of piperidine rings is 1. The smallest absolute Gasteiger partial charge is 0.257 e. The van der Waals surface area contributed by atoms with Crippen molar-refractivity contribution >= 4 is 11.9 Å². The van der Waals surface area contributed by atoms with E-state index in [9.17, 15) is 4.79 Å². The van der Waals surface area contributed by atoms with Gasteiger partial charge in [0.1, 0.15) is 5.75 Å². The van der Waals surface area contributed by atoms with Crippen LogP contribution in [0.25, 0.3) is 0 Å². The Balaban J connectivity index is 1.25. The number of carbonyl (C=O) groups excluding carboxylic acids is 1. The molecule has 0 unspecified atom stereocenters. The highest BCUT2D eigenvalue weighted by molar-refractivity contribution is 6.05. The zero-order valence-corrected chi connectivity index (χ0v) is 20.8. The van der Waals surface area contributed by atoms with Gasteiger partial charge in [-0.2, -0.15) is 0 Å². The van der Waals surface area contributed by atoms with Crippen molar-refractivity contribution in [2.24, 2.45) is 4.99 Å². The number of aromatic amines is 1. The number of nitrogens with one attached hydrogen (secondary N) is 3. The number of hydrogen-bond acceptors (Lipinski definition) is 5. The van der Waals surface area contributed by atoms with Crippen LogP contribution in [0.1, 0.15) is 47.3 Å². The lowest BCUT2D eigenvalue weighted by Gasteiger charge is -2.26. The number of likely N-dealkylation sites (tertiary alicyclic amines) is 1. The minimum atomic E-state index is -0.191. The Labute approximate surface area is 213 Å². The summed E-state index contributed by atoms with van der Waals surface area (Å²) in [6.45, 7) is 5.05. The highest BCUT2D eigenvalue weighted by atomic mass is 16.5. The van der Waals surface area contributed by atoms with Gasteiger partial charge < -0.3 is 15.0 Å². The van der Waals surface area contributed by atoms with Crippen LogP contribution in [0.15, 0.2) is 72.1 Å². The average Bonchev–Trinajstić information content (AvgIpc) is 3.43. The minimum Gasteiger partial charge on any atom is -0.494 e. The molecule has 36 heavy (non-hydrogen) atoms. The van der Waals surface area contributed by atoms with Gasteiger partial charge in [0.15, 0.2) is 5.96 Å². The molecule has 0 saturated carbocycles. The lowest BCUT2D eigenvalue weighted by molar-refractivity contribution is 0.0975. The molecule has 0 radical (unpaired) electrons. The summed E-state index contributed by atoms with van der Waals surface area (Å²) in [7, 11) is 0. The van der Waals surface area contributed by atoms with Gasteiger partial charge in [-0.1, -0.05) is 36.8 Å². The van der Waals surface area contributed by atoms with Gasteiger partial charge in [0.2, 0.25) is 0 Å². The predicted octanol–water partition coefficient (Wildman–Crippen LogP) is 3.78. The van der Waals surface area contributed by atoms with Crippen molar-refractivity contribution < 1.29 is 9.53 Å². The molecule has 0 atom stereocenters. The number of carbonyl (C=O) groups is 1. The first-order valence-corrected chi connectivity index (χ1v) is 12.8. The SMILES string of the molecule is O=C(N/C(=N\CCCOc1cccc(CN2CCCCC2)c1)NCCc1c[nH]cn1)c1ccccc1. The average molecular weight is 489 g/mol. The Morgan fingerprint density at radius 2 is 1.94 bits per heavy atom. The van der Waals surface area contributed by atoms with Gasteiger partial charge in [-0.15, -0.1) is 0 Å². The Kier molecular flexibility index (Phi) is 9.92. The number of guanidine groups is 1. The molecule has 1 aromatic heterocycles. The summed E-state index contributed by atoms with van der Waals surface area (Å²) < 4.78 is 5.99. The van der Waals surface area contributed by atoms with Crippen molar-refractivity contribution in [2.45, 2.75) is 38.6 Å². The van der Waals surface area contributed by atoms with E-state index < -0.39 is 0 Å². The summed E-state index contributed by atoms with van der Waals surface area (Å²) >= 11 is 0. The monoisotopic (exact) mass is 488 g/mol. The number of aromatic nitrogens is 2. The summed E-state index contributed by atoms with van der Waals surface area (Å²) in [5.41, 5.74) is 2.83. The van der Waals surface area contributed by atoms with Crippen LogP contribution in [0.3, 0.4) is 0 Å². The molecule has 0 bridgehead atoms. The maximum absolute atomic E-state index is 12.6. The highest BCUT2D eigenvalue weighted by Gasteiger charge is 2.11. The number of hydrogen-bond donors (Lipinski definition) is 3. The van der Waals surface area contributed by atoms with Crippen LogP contribution in [-0.4, -0.2) is 59.5 Å². The van der Waals surface area contributed by atoms with Gasteiger partial charge >= 0.3 is 0 Å². The zero-order chi connectivity index (χ0) is 24.8. The molecule has 1 amide bonds. The van der Waals surface area contributed by atoms with Crippen LogP contribution < -0.4 is 15.4 Å². The van der Waals surface area contributed by atoms with Crippen molar-refractivity contribution in [3.8, 4) is 5.75 Å². The second-order valence-corrected chi connectivity index (χ2v) is 8.97. The molecule has 1 fully saturated rings. The van der Waals surface area contributed by atoms with Crippen molar-refractivity contribution in [1.82, 2.24) is 25.5 Å².